The van der Waals surface area contributed by atoms with Gasteiger partial charge in [-0.25, -0.2) is 10.9 Å². The van der Waals surface area contributed by atoms with Gasteiger partial charge in [-0.3, -0.25) is 0 Å². The van der Waals surface area contributed by atoms with Crippen molar-refractivity contribution in [3.05, 3.63) is 34.9 Å². The van der Waals surface area contributed by atoms with Crippen LogP contribution < -0.4 is 10.9 Å². The first-order valence-electron chi connectivity index (χ1n) is 5.18. The highest BCUT2D eigenvalue weighted by Gasteiger charge is 2.25. The maximum absolute atomic E-state index is 8.80. The first-order valence-corrected chi connectivity index (χ1v) is 5.18. The number of rotatable bonds is 1. The number of hydrazine groups is 1. The molecule has 1 aromatic carbocycles. The summed E-state index contributed by atoms with van der Waals surface area (Å²) < 4.78 is 0. The van der Waals surface area contributed by atoms with Gasteiger partial charge in [0.1, 0.15) is 6.04 Å². The summed E-state index contributed by atoms with van der Waals surface area (Å²) in [5, 5.41) is 8.80. The van der Waals surface area contributed by atoms with Crippen LogP contribution in [0.3, 0.4) is 0 Å². The minimum absolute atomic E-state index is 0.0742. The minimum atomic E-state index is -0.0742. The molecular weight excluding hydrogens is 186 g/mol. The van der Waals surface area contributed by atoms with Crippen LogP contribution in [-0.2, 0) is 0 Å². The van der Waals surface area contributed by atoms with E-state index in [-0.39, 0.29) is 12.1 Å². The maximum Gasteiger partial charge on any atom is 0.110 e. The highest BCUT2D eigenvalue weighted by atomic mass is 15.4. The number of hydrogen-bond acceptors (Lipinski definition) is 3. The molecule has 2 rings (SSSR count). The van der Waals surface area contributed by atoms with Crippen molar-refractivity contribution < 1.29 is 0 Å². The van der Waals surface area contributed by atoms with E-state index in [9.17, 15) is 0 Å². The Labute approximate surface area is 90.1 Å². The first kappa shape index (κ1) is 10.2. The van der Waals surface area contributed by atoms with Gasteiger partial charge in [0, 0.05) is 6.04 Å². The lowest BCUT2D eigenvalue weighted by atomic mass is 9.96. The molecule has 0 saturated carbocycles. The third-order valence-corrected chi connectivity index (χ3v) is 2.87. The second kappa shape index (κ2) is 4.01. The highest BCUT2D eigenvalue weighted by Crippen LogP contribution is 2.25. The van der Waals surface area contributed by atoms with Crippen molar-refractivity contribution in [1.82, 2.24) is 10.9 Å². The summed E-state index contributed by atoms with van der Waals surface area (Å²) >= 11 is 0. The SMILES string of the molecule is Cc1ccc(C)c(C2CC(C#N)NN2)c1. The average molecular weight is 201 g/mol. The number of hydrogen-bond donors (Lipinski definition) is 2. The van der Waals surface area contributed by atoms with Gasteiger partial charge in [-0.05, 0) is 31.4 Å². The summed E-state index contributed by atoms with van der Waals surface area (Å²) in [6, 6.07) is 8.84. The number of aryl methyl sites for hydroxylation is 2. The van der Waals surface area contributed by atoms with Crippen molar-refractivity contribution in [3.8, 4) is 6.07 Å². The van der Waals surface area contributed by atoms with E-state index in [4.69, 9.17) is 5.26 Å². The fourth-order valence-electron chi connectivity index (χ4n) is 1.98. The molecule has 0 radical (unpaired) electrons. The number of benzene rings is 1. The monoisotopic (exact) mass is 201 g/mol. The van der Waals surface area contributed by atoms with Crippen LogP contribution in [-0.4, -0.2) is 6.04 Å². The predicted molar refractivity (Wildman–Crippen MR) is 58.9 cm³/mol. The Kier molecular flexibility index (Phi) is 2.72. The fourth-order valence-corrected chi connectivity index (χ4v) is 1.98. The Morgan fingerprint density at radius 1 is 1.33 bits per heavy atom. The molecular formula is C12H15N3. The van der Waals surface area contributed by atoms with E-state index in [1.807, 2.05) is 0 Å². The van der Waals surface area contributed by atoms with Gasteiger partial charge in [-0.15, -0.1) is 0 Å². The van der Waals surface area contributed by atoms with Crippen molar-refractivity contribution >= 4 is 0 Å². The van der Waals surface area contributed by atoms with Crippen LogP contribution in [0.4, 0.5) is 0 Å². The van der Waals surface area contributed by atoms with Crippen LogP contribution in [0.2, 0.25) is 0 Å². The summed E-state index contributed by atoms with van der Waals surface area (Å²) in [6.45, 7) is 4.20. The van der Waals surface area contributed by atoms with Crippen molar-refractivity contribution in [3.63, 3.8) is 0 Å². The van der Waals surface area contributed by atoms with Crippen molar-refractivity contribution in [2.24, 2.45) is 0 Å². The molecule has 0 spiro atoms. The Balaban J connectivity index is 2.24. The lowest BCUT2D eigenvalue weighted by molar-refractivity contribution is 0.571. The Hall–Kier alpha value is -1.37. The molecule has 1 fully saturated rings. The summed E-state index contributed by atoms with van der Waals surface area (Å²) in [6.07, 6.45) is 0.834. The molecule has 15 heavy (non-hydrogen) atoms. The van der Waals surface area contributed by atoms with Gasteiger partial charge in [-0.1, -0.05) is 23.8 Å². The molecule has 1 aliphatic rings. The van der Waals surface area contributed by atoms with Crippen LogP contribution in [0.1, 0.15) is 29.2 Å². The van der Waals surface area contributed by atoms with Gasteiger partial charge in [0.05, 0.1) is 6.07 Å². The van der Waals surface area contributed by atoms with E-state index >= 15 is 0 Å². The standard InChI is InChI=1S/C12H15N3/c1-8-3-4-9(2)11(5-8)12-6-10(7-13)14-15-12/h3-5,10,12,14-15H,6H2,1-2H3. The Morgan fingerprint density at radius 2 is 2.13 bits per heavy atom. The van der Waals surface area contributed by atoms with Crippen molar-refractivity contribution in [2.45, 2.75) is 32.4 Å². The van der Waals surface area contributed by atoms with Crippen LogP contribution >= 0.6 is 0 Å². The minimum Gasteiger partial charge on any atom is -0.249 e. The molecule has 0 aliphatic carbocycles. The van der Waals surface area contributed by atoms with Crippen LogP contribution in [0.5, 0.6) is 0 Å². The average Bonchev–Trinajstić information content (AvgIpc) is 2.70. The topological polar surface area (TPSA) is 47.9 Å². The molecule has 3 heteroatoms. The second-order valence-electron chi connectivity index (χ2n) is 4.12. The van der Waals surface area contributed by atoms with Gasteiger partial charge in [0.2, 0.25) is 0 Å². The number of nitrogens with zero attached hydrogens (tertiary/aromatic N) is 1. The van der Waals surface area contributed by atoms with E-state index < -0.39 is 0 Å². The smallest absolute Gasteiger partial charge is 0.110 e. The summed E-state index contributed by atoms with van der Waals surface area (Å²) in [7, 11) is 0. The Morgan fingerprint density at radius 3 is 2.80 bits per heavy atom. The van der Waals surface area contributed by atoms with E-state index in [1.165, 1.54) is 16.7 Å². The van der Waals surface area contributed by atoms with Crippen LogP contribution in [0.15, 0.2) is 18.2 Å². The van der Waals surface area contributed by atoms with E-state index in [0.29, 0.717) is 0 Å². The zero-order valence-electron chi connectivity index (χ0n) is 9.04. The molecule has 2 unspecified atom stereocenters. The van der Waals surface area contributed by atoms with E-state index in [1.54, 1.807) is 0 Å². The van der Waals surface area contributed by atoms with Gasteiger partial charge >= 0.3 is 0 Å². The van der Waals surface area contributed by atoms with Crippen molar-refractivity contribution in [2.75, 3.05) is 0 Å². The van der Waals surface area contributed by atoms with Gasteiger partial charge in [0.25, 0.3) is 0 Å². The summed E-state index contributed by atoms with van der Waals surface area (Å²) in [4.78, 5) is 0. The van der Waals surface area contributed by atoms with Crippen LogP contribution in [0, 0.1) is 25.2 Å². The van der Waals surface area contributed by atoms with Gasteiger partial charge in [0.15, 0.2) is 0 Å². The van der Waals surface area contributed by atoms with Gasteiger partial charge < -0.3 is 0 Å². The third-order valence-electron chi connectivity index (χ3n) is 2.87. The molecule has 78 valence electrons. The Bertz CT molecular complexity index is 406. The number of nitriles is 1. The quantitative estimate of drug-likeness (QED) is 0.727. The zero-order chi connectivity index (χ0) is 10.8. The van der Waals surface area contributed by atoms with E-state index in [0.717, 1.165) is 6.42 Å². The number of nitrogens with one attached hydrogen (secondary N) is 2. The molecule has 0 amide bonds. The highest BCUT2D eigenvalue weighted by molar-refractivity contribution is 5.33. The molecule has 0 bridgehead atoms. The van der Waals surface area contributed by atoms with Gasteiger partial charge in [-0.2, -0.15) is 5.26 Å². The lowest BCUT2D eigenvalue weighted by Crippen LogP contribution is -2.29. The predicted octanol–water partition coefficient (Wildman–Crippen LogP) is 1.73. The largest absolute Gasteiger partial charge is 0.249 e. The zero-order valence-corrected chi connectivity index (χ0v) is 9.04. The molecule has 1 aromatic rings. The first-order chi connectivity index (χ1) is 7.20. The summed E-state index contributed by atoms with van der Waals surface area (Å²) in [5.74, 6) is 0. The third kappa shape index (κ3) is 2.01. The van der Waals surface area contributed by atoms with Crippen LogP contribution in [0.25, 0.3) is 0 Å². The molecule has 1 heterocycles. The molecule has 1 saturated heterocycles. The maximum atomic E-state index is 8.80. The molecule has 2 N–H and O–H groups in total. The van der Waals surface area contributed by atoms with E-state index in [2.05, 4.69) is 49.0 Å². The summed E-state index contributed by atoms with van der Waals surface area (Å²) in [5.41, 5.74) is 9.99. The van der Waals surface area contributed by atoms with Crippen molar-refractivity contribution in [1.29, 1.82) is 5.26 Å². The molecule has 0 aromatic heterocycles. The molecule has 1 aliphatic heterocycles. The fraction of sp³-hybridized carbons (Fsp3) is 0.417. The lowest BCUT2D eigenvalue weighted by Gasteiger charge is -2.13. The molecule has 2 atom stereocenters. The molecule has 3 nitrogen and oxygen atoms in total. The normalized spacial score (nSPS) is 25.1. The second-order valence-corrected chi connectivity index (χ2v) is 4.12.